The Morgan fingerprint density at radius 1 is 1.19 bits per heavy atom. The lowest BCUT2D eigenvalue weighted by Crippen LogP contribution is -2.28. The van der Waals surface area contributed by atoms with E-state index in [-0.39, 0.29) is 5.91 Å². The van der Waals surface area contributed by atoms with Crippen LogP contribution in [-0.4, -0.2) is 40.8 Å². The molecule has 1 aliphatic rings. The van der Waals surface area contributed by atoms with Gasteiger partial charge in [0.1, 0.15) is 5.82 Å². The van der Waals surface area contributed by atoms with Gasteiger partial charge in [0.15, 0.2) is 17.3 Å². The number of carbonyl (C=O) groups excluding carboxylic acids is 1. The Kier molecular flexibility index (Phi) is 7.21. The molecule has 1 fully saturated rings. The molecule has 0 radical (unpaired) electrons. The number of halogens is 2. The predicted molar refractivity (Wildman–Crippen MR) is 135 cm³/mol. The number of H-pyrrole nitrogens is 1. The Morgan fingerprint density at radius 3 is 2.56 bits per heavy atom. The number of rotatable bonds is 9. The van der Waals surface area contributed by atoms with Crippen molar-refractivity contribution >= 4 is 28.8 Å². The second kappa shape index (κ2) is 10.3. The highest BCUT2D eigenvalue weighted by molar-refractivity contribution is 6.30. The van der Waals surface area contributed by atoms with Crippen LogP contribution in [0, 0.1) is 5.82 Å². The Balaban J connectivity index is 1.70. The van der Waals surface area contributed by atoms with Crippen LogP contribution in [0.25, 0.3) is 17.0 Å². The van der Waals surface area contributed by atoms with Crippen molar-refractivity contribution in [3.8, 4) is 11.4 Å². The van der Waals surface area contributed by atoms with Gasteiger partial charge in [-0.05, 0) is 83.8 Å². The number of nitrogens with one attached hydrogen (secondary N) is 2. The monoisotopic (exact) mass is 509 g/mol. The molecule has 10 heteroatoms. The molecular formula is C26H25ClFN5O3. The molecular weight excluding hydrogens is 485 g/mol. The van der Waals surface area contributed by atoms with E-state index in [1.807, 2.05) is 19.1 Å². The lowest BCUT2D eigenvalue weighted by atomic mass is 9.94. The van der Waals surface area contributed by atoms with Gasteiger partial charge in [-0.3, -0.25) is 4.79 Å². The summed E-state index contributed by atoms with van der Waals surface area (Å²) >= 11 is 6.07. The van der Waals surface area contributed by atoms with Crippen LogP contribution in [0.5, 0.6) is 0 Å². The maximum absolute atomic E-state index is 14.5. The molecule has 36 heavy (non-hydrogen) atoms. The molecule has 186 valence electrons. The third kappa shape index (κ3) is 4.87. The molecule has 1 aromatic heterocycles. The van der Waals surface area contributed by atoms with Gasteiger partial charge in [-0.15, -0.1) is 5.10 Å². The van der Waals surface area contributed by atoms with E-state index in [1.54, 1.807) is 18.2 Å². The molecule has 2 aromatic carbocycles. The SMILES string of the molecule is C=C/C(OC)=C(\C=C(/C)c1ccc(NC(=O)C2(c3cc(Cl)ccc3F)CC2)cc1-c1nnn[nH]1)OC. The minimum Gasteiger partial charge on any atom is -0.493 e. The van der Waals surface area contributed by atoms with Crippen LogP contribution in [0.3, 0.4) is 0 Å². The number of methoxy groups -OCH3 is 2. The first-order valence-electron chi connectivity index (χ1n) is 11.1. The molecule has 4 rings (SSSR count). The molecule has 0 atom stereocenters. The molecule has 8 nitrogen and oxygen atoms in total. The van der Waals surface area contributed by atoms with E-state index in [9.17, 15) is 9.18 Å². The maximum atomic E-state index is 14.5. The van der Waals surface area contributed by atoms with E-state index in [2.05, 4.69) is 32.5 Å². The largest absolute Gasteiger partial charge is 0.493 e. The molecule has 1 amide bonds. The van der Waals surface area contributed by atoms with Gasteiger partial charge in [0, 0.05) is 21.8 Å². The quantitative estimate of drug-likeness (QED) is 0.295. The number of hydrogen-bond donors (Lipinski definition) is 2. The molecule has 0 bridgehead atoms. The van der Waals surface area contributed by atoms with Crippen molar-refractivity contribution in [1.82, 2.24) is 20.6 Å². The molecule has 1 heterocycles. The standard InChI is InChI=1S/C26H25ClFN5O3/c1-5-22(35-3)23(36-4)12-15(2)18-8-7-17(14-19(18)24-30-32-33-31-24)29-25(34)26(10-11-26)20-13-16(27)6-9-21(20)28/h5-9,12-14H,1,10-11H2,2-4H3,(H,29,34)(H,30,31,32,33)/b15-12+,23-22-. The molecule has 1 saturated carbocycles. The van der Waals surface area contributed by atoms with Crippen LogP contribution in [0.4, 0.5) is 10.1 Å². The van der Waals surface area contributed by atoms with Gasteiger partial charge in [0.2, 0.25) is 5.91 Å². The average Bonchev–Trinajstić information content (AvgIpc) is 3.50. The van der Waals surface area contributed by atoms with Crippen molar-refractivity contribution in [2.24, 2.45) is 0 Å². The fraction of sp³-hybridized carbons (Fsp3) is 0.231. The maximum Gasteiger partial charge on any atom is 0.235 e. The summed E-state index contributed by atoms with van der Waals surface area (Å²) in [6, 6.07) is 9.64. The summed E-state index contributed by atoms with van der Waals surface area (Å²) in [6.45, 7) is 5.64. The summed E-state index contributed by atoms with van der Waals surface area (Å²) in [5.41, 5.74) is 2.14. The van der Waals surface area contributed by atoms with Crippen molar-refractivity contribution in [2.45, 2.75) is 25.2 Å². The summed E-state index contributed by atoms with van der Waals surface area (Å²) in [7, 11) is 3.07. The summed E-state index contributed by atoms with van der Waals surface area (Å²) < 4.78 is 25.3. The minimum absolute atomic E-state index is 0.300. The molecule has 3 aromatic rings. The number of amides is 1. The topological polar surface area (TPSA) is 102 Å². The van der Waals surface area contributed by atoms with Crippen molar-refractivity contribution in [3.05, 3.63) is 88.6 Å². The number of hydrogen-bond acceptors (Lipinski definition) is 6. The molecule has 1 aliphatic carbocycles. The zero-order chi connectivity index (χ0) is 25.9. The van der Waals surface area contributed by atoms with Gasteiger partial charge >= 0.3 is 0 Å². The smallest absolute Gasteiger partial charge is 0.235 e. The third-order valence-corrected chi connectivity index (χ3v) is 6.38. The summed E-state index contributed by atoms with van der Waals surface area (Å²) in [6.07, 6.45) is 4.43. The summed E-state index contributed by atoms with van der Waals surface area (Å²) in [5.74, 6) is 0.628. The number of ether oxygens (including phenoxy) is 2. The first kappa shape index (κ1) is 25.1. The van der Waals surface area contributed by atoms with Crippen LogP contribution in [0.15, 0.2) is 66.6 Å². The number of aromatic nitrogens is 4. The number of carbonyl (C=O) groups is 1. The summed E-state index contributed by atoms with van der Waals surface area (Å²) in [4.78, 5) is 13.3. The van der Waals surface area contributed by atoms with Gasteiger partial charge < -0.3 is 14.8 Å². The van der Waals surface area contributed by atoms with Gasteiger partial charge in [-0.1, -0.05) is 24.2 Å². The van der Waals surface area contributed by atoms with E-state index in [0.29, 0.717) is 52.0 Å². The number of tetrazole rings is 1. The lowest BCUT2D eigenvalue weighted by molar-refractivity contribution is -0.118. The molecule has 0 aliphatic heterocycles. The Hall–Kier alpha value is -3.98. The van der Waals surface area contributed by atoms with Gasteiger partial charge in [-0.25, -0.2) is 9.49 Å². The summed E-state index contributed by atoms with van der Waals surface area (Å²) in [5, 5.41) is 17.5. The van der Waals surface area contributed by atoms with E-state index in [4.69, 9.17) is 21.1 Å². The van der Waals surface area contributed by atoms with Crippen molar-refractivity contribution in [3.63, 3.8) is 0 Å². The number of anilines is 1. The average molecular weight is 510 g/mol. The second-order valence-corrected chi connectivity index (χ2v) is 8.78. The fourth-order valence-electron chi connectivity index (χ4n) is 4.08. The van der Waals surface area contributed by atoms with Gasteiger partial charge in [0.05, 0.1) is 19.6 Å². The molecule has 0 unspecified atom stereocenters. The normalized spacial score (nSPS) is 15.1. The van der Waals surface area contributed by atoms with E-state index in [0.717, 1.165) is 11.1 Å². The Morgan fingerprint density at radius 2 is 1.94 bits per heavy atom. The van der Waals surface area contributed by atoms with E-state index < -0.39 is 11.2 Å². The van der Waals surface area contributed by atoms with Crippen LogP contribution < -0.4 is 5.32 Å². The van der Waals surface area contributed by atoms with Crippen molar-refractivity contribution in [2.75, 3.05) is 19.5 Å². The van der Waals surface area contributed by atoms with E-state index in [1.165, 1.54) is 32.4 Å². The highest BCUT2D eigenvalue weighted by Crippen LogP contribution is 2.50. The molecule has 0 saturated heterocycles. The molecule has 0 spiro atoms. The van der Waals surface area contributed by atoms with Crippen LogP contribution in [-0.2, 0) is 19.7 Å². The minimum atomic E-state index is -0.948. The van der Waals surface area contributed by atoms with Crippen LogP contribution in [0.1, 0.15) is 30.9 Å². The number of allylic oxidation sites excluding steroid dienone is 3. The second-order valence-electron chi connectivity index (χ2n) is 8.34. The number of nitrogens with zero attached hydrogens (tertiary/aromatic N) is 3. The van der Waals surface area contributed by atoms with E-state index >= 15 is 0 Å². The first-order chi connectivity index (χ1) is 17.3. The third-order valence-electron chi connectivity index (χ3n) is 6.15. The Labute approximate surface area is 212 Å². The van der Waals surface area contributed by atoms with Gasteiger partial charge in [0.25, 0.3) is 0 Å². The number of benzene rings is 2. The van der Waals surface area contributed by atoms with Crippen LogP contribution >= 0.6 is 11.6 Å². The highest BCUT2D eigenvalue weighted by atomic mass is 35.5. The lowest BCUT2D eigenvalue weighted by Gasteiger charge is -2.18. The van der Waals surface area contributed by atoms with Crippen molar-refractivity contribution in [1.29, 1.82) is 0 Å². The highest BCUT2D eigenvalue weighted by Gasteiger charge is 2.52. The van der Waals surface area contributed by atoms with Crippen LogP contribution in [0.2, 0.25) is 5.02 Å². The zero-order valence-electron chi connectivity index (χ0n) is 20.1. The molecule has 2 N–H and O–H groups in total. The zero-order valence-corrected chi connectivity index (χ0v) is 20.8. The number of aromatic amines is 1. The van der Waals surface area contributed by atoms with Gasteiger partial charge in [-0.2, -0.15) is 0 Å². The first-order valence-corrected chi connectivity index (χ1v) is 11.5. The Bertz CT molecular complexity index is 1360. The predicted octanol–water partition coefficient (Wildman–Crippen LogP) is 5.42. The fourth-order valence-corrected chi connectivity index (χ4v) is 4.26. The van der Waals surface area contributed by atoms with Crippen molar-refractivity contribution < 1.29 is 18.7 Å².